The molecule has 110 valence electrons. The van der Waals surface area contributed by atoms with Crippen LogP contribution >= 0.6 is 0 Å². The van der Waals surface area contributed by atoms with E-state index in [1.807, 2.05) is 51.1 Å². The summed E-state index contributed by atoms with van der Waals surface area (Å²) in [7, 11) is 0. The molecule has 0 aliphatic carbocycles. The summed E-state index contributed by atoms with van der Waals surface area (Å²) in [6.07, 6.45) is 0.973. The summed E-state index contributed by atoms with van der Waals surface area (Å²) in [5.74, 6) is -0.796. The molecule has 0 aromatic heterocycles. The number of carboxylic acids is 1. The number of carbonyl (C=O) groups is 2. The zero-order chi connectivity index (χ0) is 15.2. The minimum Gasteiger partial charge on any atom is -0.481 e. The molecule has 20 heavy (non-hydrogen) atoms. The van der Waals surface area contributed by atoms with E-state index in [2.05, 4.69) is 0 Å². The fraction of sp³-hybridized carbons (Fsp3) is 0.500. The van der Waals surface area contributed by atoms with Crippen LogP contribution in [0.3, 0.4) is 0 Å². The molecule has 4 heteroatoms. The molecule has 0 fully saturated rings. The predicted molar refractivity (Wildman–Crippen MR) is 79.7 cm³/mol. The van der Waals surface area contributed by atoms with E-state index in [-0.39, 0.29) is 17.7 Å². The number of carboxylic acid groups (broad SMARTS) is 1. The third-order valence-electron chi connectivity index (χ3n) is 2.82. The van der Waals surface area contributed by atoms with E-state index in [4.69, 9.17) is 5.11 Å². The van der Waals surface area contributed by atoms with Crippen molar-refractivity contribution in [2.45, 2.75) is 40.0 Å². The number of nitrogens with zero attached hydrogens (tertiary/aromatic N) is 1. The van der Waals surface area contributed by atoms with Gasteiger partial charge in [0.05, 0.1) is 0 Å². The minimum absolute atomic E-state index is 0.0362. The highest BCUT2D eigenvalue weighted by molar-refractivity contribution is 5.93. The van der Waals surface area contributed by atoms with Gasteiger partial charge >= 0.3 is 5.97 Å². The van der Waals surface area contributed by atoms with Crippen LogP contribution in [0.25, 0.3) is 0 Å². The number of hydrogen-bond acceptors (Lipinski definition) is 2. The number of hydrogen-bond donors (Lipinski definition) is 1. The second-order valence-electron chi connectivity index (χ2n) is 6.12. The van der Waals surface area contributed by atoms with E-state index >= 15 is 0 Å². The first-order valence-corrected chi connectivity index (χ1v) is 6.87. The van der Waals surface area contributed by atoms with E-state index in [0.717, 1.165) is 5.69 Å². The molecule has 1 aromatic rings. The predicted octanol–water partition coefficient (Wildman–Crippen LogP) is 3.32. The lowest BCUT2D eigenvalue weighted by molar-refractivity contribution is -0.137. The Morgan fingerprint density at radius 2 is 1.75 bits per heavy atom. The monoisotopic (exact) mass is 277 g/mol. The van der Waals surface area contributed by atoms with Gasteiger partial charge in [-0.2, -0.15) is 0 Å². The number of benzene rings is 1. The van der Waals surface area contributed by atoms with Crippen LogP contribution in [-0.2, 0) is 9.59 Å². The molecule has 0 heterocycles. The van der Waals surface area contributed by atoms with Gasteiger partial charge in [0.15, 0.2) is 0 Å². The number of anilines is 1. The first kappa shape index (κ1) is 16.2. The van der Waals surface area contributed by atoms with E-state index < -0.39 is 5.97 Å². The molecule has 0 radical (unpaired) electrons. The Bertz CT molecular complexity index is 449. The van der Waals surface area contributed by atoms with Gasteiger partial charge in [0, 0.05) is 25.1 Å². The van der Waals surface area contributed by atoms with Crippen molar-refractivity contribution in [3.8, 4) is 0 Å². The van der Waals surface area contributed by atoms with Crippen LogP contribution in [0.4, 0.5) is 5.69 Å². The van der Waals surface area contributed by atoms with Crippen molar-refractivity contribution in [2.24, 2.45) is 5.41 Å². The summed E-state index contributed by atoms with van der Waals surface area (Å²) in [4.78, 5) is 24.7. The molecule has 0 unspecified atom stereocenters. The molecule has 1 rings (SSSR count). The highest BCUT2D eigenvalue weighted by Gasteiger charge is 2.22. The molecule has 1 amide bonds. The van der Waals surface area contributed by atoms with Crippen molar-refractivity contribution in [2.75, 3.05) is 11.4 Å². The topological polar surface area (TPSA) is 57.6 Å². The normalized spacial score (nSPS) is 11.2. The van der Waals surface area contributed by atoms with E-state index in [0.29, 0.717) is 19.4 Å². The van der Waals surface area contributed by atoms with Gasteiger partial charge in [-0.15, -0.1) is 0 Å². The molecule has 1 aromatic carbocycles. The first-order chi connectivity index (χ1) is 9.29. The molecule has 0 spiro atoms. The number of rotatable bonds is 6. The average molecular weight is 277 g/mol. The van der Waals surface area contributed by atoms with Crippen molar-refractivity contribution in [1.29, 1.82) is 0 Å². The fourth-order valence-corrected chi connectivity index (χ4v) is 1.94. The molecule has 0 aliphatic heterocycles. The summed E-state index contributed by atoms with van der Waals surface area (Å²) in [5.41, 5.74) is 0.740. The van der Waals surface area contributed by atoms with Gasteiger partial charge < -0.3 is 10.0 Å². The van der Waals surface area contributed by atoms with Gasteiger partial charge in [-0.05, 0) is 24.0 Å². The van der Waals surface area contributed by atoms with Crippen LogP contribution in [0.2, 0.25) is 0 Å². The van der Waals surface area contributed by atoms with E-state index in [9.17, 15) is 9.59 Å². The van der Waals surface area contributed by atoms with Crippen LogP contribution in [0.5, 0.6) is 0 Å². The highest BCUT2D eigenvalue weighted by Crippen LogP contribution is 2.23. The number of para-hydroxylation sites is 1. The quantitative estimate of drug-likeness (QED) is 0.867. The summed E-state index contributed by atoms with van der Waals surface area (Å²) < 4.78 is 0. The maximum Gasteiger partial charge on any atom is 0.303 e. The Hall–Kier alpha value is -1.84. The van der Waals surface area contributed by atoms with Crippen LogP contribution in [0.15, 0.2) is 30.3 Å². The zero-order valence-electron chi connectivity index (χ0n) is 12.4. The Kier molecular flexibility index (Phi) is 5.74. The van der Waals surface area contributed by atoms with Crippen LogP contribution in [0, 0.1) is 5.41 Å². The lowest BCUT2D eigenvalue weighted by Crippen LogP contribution is -2.34. The van der Waals surface area contributed by atoms with Crippen molar-refractivity contribution < 1.29 is 14.7 Å². The zero-order valence-corrected chi connectivity index (χ0v) is 12.4. The molecule has 0 saturated heterocycles. The van der Waals surface area contributed by atoms with E-state index in [1.54, 1.807) is 4.90 Å². The average Bonchev–Trinajstić information content (AvgIpc) is 2.33. The number of aliphatic carboxylic acids is 1. The Balaban J connectivity index is 2.79. The summed E-state index contributed by atoms with van der Waals surface area (Å²) in [6, 6.07) is 9.41. The molecule has 0 atom stereocenters. The lowest BCUT2D eigenvalue weighted by Gasteiger charge is -2.26. The third-order valence-corrected chi connectivity index (χ3v) is 2.82. The lowest BCUT2D eigenvalue weighted by atomic mass is 9.91. The van der Waals surface area contributed by atoms with Crippen molar-refractivity contribution in [1.82, 2.24) is 0 Å². The smallest absolute Gasteiger partial charge is 0.303 e. The van der Waals surface area contributed by atoms with Crippen molar-refractivity contribution in [3.05, 3.63) is 30.3 Å². The highest BCUT2D eigenvalue weighted by atomic mass is 16.4. The molecular weight excluding hydrogens is 254 g/mol. The second-order valence-corrected chi connectivity index (χ2v) is 6.12. The van der Waals surface area contributed by atoms with Crippen molar-refractivity contribution in [3.63, 3.8) is 0 Å². The van der Waals surface area contributed by atoms with Gasteiger partial charge in [-0.25, -0.2) is 0 Å². The Morgan fingerprint density at radius 3 is 2.25 bits per heavy atom. The standard InChI is InChI=1S/C16H23NO3/c1-16(2,3)12-14(18)17(11-7-10-15(19)20)13-8-5-4-6-9-13/h4-6,8-9H,7,10-12H2,1-3H3,(H,19,20). The molecule has 4 nitrogen and oxygen atoms in total. The van der Waals surface area contributed by atoms with E-state index in [1.165, 1.54) is 0 Å². The molecular formula is C16H23NO3. The second kappa shape index (κ2) is 7.08. The number of carbonyl (C=O) groups excluding carboxylic acids is 1. The maximum absolute atomic E-state index is 12.4. The fourth-order valence-electron chi connectivity index (χ4n) is 1.94. The summed E-state index contributed by atoms with van der Waals surface area (Å²) in [6.45, 7) is 6.49. The molecule has 0 aliphatic rings. The third kappa shape index (κ3) is 5.87. The summed E-state index contributed by atoms with van der Waals surface area (Å²) in [5, 5.41) is 8.72. The Labute approximate surface area is 120 Å². The van der Waals surface area contributed by atoms with Gasteiger partial charge in [0.1, 0.15) is 0 Å². The van der Waals surface area contributed by atoms with Gasteiger partial charge in [-0.3, -0.25) is 9.59 Å². The van der Waals surface area contributed by atoms with Gasteiger partial charge in [0.25, 0.3) is 0 Å². The van der Waals surface area contributed by atoms with Crippen LogP contribution < -0.4 is 4.90 Å². The number of amides is 1. The van der Waals surface area contributed by atoms with Crippen LogP contribution in [0.1, 0.15) is 40.0 Å². The van der Waals surface area contributed by atoms with Gasteiger partial charge in [-0.1, -0.05) is 39.0 Å². The SMILES string of the molecule is CC(C)(C)CC(=O)N(CCCC(=O)O)c1ccccc1. The first-order valence-electron chi connectivity index (χ1n) is 6.87. The van der Waals surface area contributed by atoms with Crippen LogP contribution in [-0.4, -0.2) is 23.5 Å². The Morgan fingerprint density at radius 1 is 1.15 bits per heavy atom. The summed E-state index contributed by atoms with van der Waals surface area (Å²) >= 11 is 0. The van der Waals surface area contributed by atoms with Crippen molar-refractivity contribution >= 4 is 17.6 Å². The molecule has 1 N–H and O–H groups in total. The molecule has 0 bridgehead atoms. The molecule has 0 saturated carbocycles. The van der Waals surface area contributed by atoms with Gasteiger partial charge in [0.2, 0.25) is 5.91 Å². The maximum atomic E-state index is 12.4. The largest absolute Gasteiger partial charge is 0.481 e. The minimum atomic E-state index is -0.832.